The summed E-state index contributed by atoms with van der Waals surface area (Å²) in [4.78, 5) is 28.0. The third kappa shape index (κ3) is 6.09. The molecule has 0 atom stereocenters. The summed E-state index contributed by atoms with van der Waals surface area (Å²) in [7, 11) is 0. The van der Waals surface area contributed by atoms with E-state index in [-0.39, 0.29) is 36.5 Å². The van der Waals surface area contributed by atoms with Crippen LogP contribution in [0.4, 0.5) is 4.39 Å². The molecule has 1 aliphatic rings. The molecule has 1 saturated heterocycles. The highest BCUT2D eigenvalue weighted by molar-refractivity contribution is 5.85. The van der Waals surface area contributed by atoms with Crippen LogP contribution in [0.1, 0.15) is 24.8 Å². The minimum Gasteiger partial charge on any atom is -0.341 e. The maximum Gasteiger partial charge on any atom is 0.227 e. The Morgan fingerprint density at radius 2 is 1.75 bits per heavy atom. The van der Waals surface area contributed by atoms with Crippen molar-refractivity contribution in [2.45, 2.75) is 25.7 Å². The van der Waals surface area contributed by atoms with Crippen LogP contribution in [0.3, 0.4) is 0 Å². The average molecular weight is 358 g/mol. The maximum absolute atomic E-state index is 13.2. The minimum atomic E-state index is -0.331. The minimum absolute atomic E-state index is 0. The van der Waals surface area contributed by atoms with Crippen LogP contribution < -0.4 is 5.73 Å². The van der Waals surface area contributed by atoms with E-state index in [1.807, 2.05) is 4.90 Å². The summed E-state index contributed by atoms with van der Waals surface area (Å²) in [5.41, 5.74) is 6.11. The lowest BCUT2D eigenvalue weighted by Crippen LogP contribution is -2.38. The monoisotopic (exact) mass is 357 g/mol. The molecule has 1 heterocycles. The van der Waals surface area contributed by atoms with Gasteiger partial charge in [-0.05, 0) is 37.1 Å². The molecular weight excluding hydrogens is 333 g/mol. The molecule has 0 aliphatic carbocycles. The van der Waals surface area contributed by atoms with Gasteiger partial charge in [-0.25, -0.2) is 4.39 Å². The first-order chi connectivity index (χ1) is 11.1. The molecule has 24 heavy (non-hydrogen) atoms. The van der Waals surface area contributed by atoms with E-state index in [1.54, 1.807) is 17.0 Å². The van der Waals surface area contributed by atoms with Gasteiger partial charge < -0.3 is 15.5 Å². The molecule has 134 valence electrons. The van der Waals surface area contributed by atoms with Crippen LogP contribution in [0.2, 0.25) is 0 Å². The van der Waals surface area contributed by atoms with Gasteiger partial charge >= 0.3 is 0 Å². The van der Waals surface area contributed by atoms with Gasteiger partial charge in [-0.1, -0.05) is 12.1 Å². The first-order valence-corrected chi connectivity index (χ1v) is 8.10. The summed E-state index contributed by atoms with van der Waals surface area (Å²) in [6.07, 6.45) is 2.12. The van der Waals surface area contributed by atoms with Crippen molar-refractivity contribution < 1.29 is 14.0 Å². The number of nitrogens with zero attached hydrogens (tertiary/aromatic N) is 2. The van der Waals surface area contributed by atoms with Gasteiger partial charge in [0.05, 0.1) is 6.42 Å². The normalized spacial score (nSPS) is 14.8. The van der Waals surface area contributed by atoms with Crippen molar-refractivity contribution in [3.8, 4) is 0 Å². The molecule has 1 aliphatic heterocycles. The summed E-state index contributed by atoms with van der Waals surface area (Å²) in [6, 6.07) is 6.11. The fourth-order valence-corrected chi connectivity index (χ4v) is 2.76. The predicted molar refractivity (Wildman–Crippen MR) is 93.4 cm³/mol. The fraction of sp³-hybridized carbons (Fsp3) is 0.529. The van der Waals surface area contributed by atoms with Crippen LogP contribution in [-0.2, 0) is 16.0 Å². The molecule has 1 aromatic carbocycles. The van der Waals surface area contributed by atoms with Gasteiger partial charge in [0.25, 0.3) is 0 Å². The van der Waals surface area contributed by atoms with Gasteiger partial charge in [-0.2, -0.15) is 0 Å². The summed E-state index contributed by atoms with van der Waals surface area (Å²) in [6.45, 7) is 2.90. The van der Waals surface area contributed by atoms with E-state index in [2.05, 4.69) is 0 Å². The zero-order valence-corrected chi connectivity index (χ0v) is 14.6. The number of halogens is 2. The Morgan fingerprint density at radius 3 is 2.38 bits per heavy atom. The number of rotatable bonds is 5. The molecule has 0 saturated carbocycles. The molecule has 0 spiro atoms. The van der Waals surface area contributed by atoms with Gasteiger partial charge in [0, 0.05) is 32.6 Å². The van der Waals surface area contributed by atoms with Gasteiger partial charge in [-0.3, -0.25) is 9.59 Å². The van der Waals surface area contributed by atoms with Crippen molar-refractivity contribution in [3.63, 3.8) is 0 Å². The lowest BCUT2D eigenvalue weighted by Gasteiger charge is -2.22. The van der Waals surface area contributed by atoms with Crippen LogP contribution in [0.15, 0.2) is 24.3 Å². The molecule has 2 N–H and O–H groups in total. The van der Waals surface area contributed by atoms with E-state index < -0.39 is 0 Å². The van der Waals surface area contributed by atoms with Gasteiger partial charge in [-0.15, -0.1) is 12.4 Å². The van der Waals surface area contributed by atoms with E-state index in [9.17, 15) is 14.0 Å². The molecule has 5 nitrogen and oxygen atoms in total. The molecule has 0 aromatic heterocycles. The van der Waals surface area contributed by atoms with Crippen LogP contribution in [0, 0.1) is 5.82 Å². The molecule has 1 fully saturated rings. The number of hydrogen-bond acceptors (Lipinski definition) is 3. The van der Waals surface area contributed by atoms with E-state index >= 15 is 0 Å². The number of benzene rings is 1. The van der Waals surface area contributed by atoms with E-state index in [0.717, 1.165) is 6.42 Å². The Bertz CT molecular complexity index is 556. The van der Waals surface area contributed by atoms with Crippen molar-refractivity contribution in [2.75, 3.05) is 32.7 Å². The topological polar surface area (TPSA) is 66.6 Å². The van der Waals surface area contributed by atoms with Crippen molar-refractivity contribution in [2.24, 2.45) is 5.73 Å². The van der Waals surface area contributed by atoms with Crippen LogP contribution >= 0.6 is 12.4 Å². The second-order valence-corrected chi connectivity index (χ2v) is 5.81. The van der Waals surface area contributed by atoms with Gasteiger partial charge in [0.1, 0.15) is 5.82 Å². The van der Waals surface area contributed by atoms with E-state index in [0.29, 0.717) is 51.1 Å². The highest BCUT2D eigenvalue weighted by Crippen LogP contribution is 2.10. The second kappa shape index (κ2) is 10.3. The first kappa shape index (κ1) is 20.4. The second-order valence-electron chi connectivity index (χ2n) is 5.81. The number of carbonyl (C=O) groups excluding carboxylic acids is 2. The molecule has 2 amide bonds. The molecule has 0 bridgehead atoms. The SMILES string of the molecule is Cl.NCCCC(=O)N1CCCN(C(=O)Cc2cccc(F)c2)CC1. The Labute approximate surface area is 148 Å². The number of carbonyl (C=O) groups is 2. The largest absolute Gasteiger partial charge is 0.341 e. The Balaban J connectivity index is 0.00000288. The van der Waals surface area contributed by atoms with Crippen LogP contribution in [0.25, 0.3) is 0 Å². The quantitative estimate of drug-likeness (QED) is 0.870. The lowest BCUT2D eigenvalue weighted by molar-refractivity contribution is -0.133. The first-order valence-electron chi connectivity index (χ1n) is 8.10. The van der Waals surface area contributed by atoms with Crippen molar-refractivity contribution in [1.82, 2.24) is 9.80 Å². The third-order valence-corrected chi connectivity index (χ3v) is 4.04. The molecule has 0 unspecified atom stereocenters. The zero-order chi connectivity index (χ0) is 16.7. The zero-order valence-electron chi connectivity index (χ0n) is 13.7. The fourth-order valence-electron chi connectivity index (χ4n) is 2.76. The number of nitrogens with two attached hydrogens (primary N) is 1. The van der Waals surface area contributed by atoms with Gasteiger partial charge in [0.15, 0.2) is 0 Å². The van der Waals surface area contributed by atoms with Gasteiger partial charge in [0.2, 0.25) is 11.8 Å². The number of amides is 2. The highest BCUT2D eigenvalue weighted by atomic mass is 35.5. The van der Waals surface area contributed by atoms with Crippen LogP contribution in [0.5, 0.6) is 0 Å². The Hall–Kier alpha value is -1.66. The summed E-state index contributed by atoms with van der Waals surface area (Å²) >= 11 is 0. The van der Waals surface area contributed by atoms with Crippen molar-refractivity contribution >= 4 is 24.2 Å². The van der Waals surface area contributed by atoms with Crippen LogP contribution in [-0.4, -0.2) is 54.3 Å². The smallest absolute Gasteiger partial charge is 0.227 e. The summed E-state index contributed by atoms with van der Waals surface area (Å²) in [5, 5.41) is 0. The molecule has 0 radical (unpaired) electrons. The average Bonchev–Trinajstić information content (AvgIpc) is 2.78. The molecule has 7 heteroatoms. The molecule has 2 rings (SSSR count). The van der Waals surface area contributed by atoms with Crippen molar-refractivity contribution in [1.29, 1.82) is 0 Å². The summed E-state index contributed by atoms with van der Waals surface area (Å²) in [5.74, 6) is -0.246. The summed E-state index contributed by atoms with van der Waals surface area (Å²) < 4.78 is 13.2. The highest BCUT2D eigenvalue weighted by Gasteiger charge is 2.21. The number of hydrogen-bond donors (Lipinski definition) is 1. The molecule has 1 aromatic rings. The lowest BCUT2D eigenvalue weighted by atomic mass is 10.1. The third-order valence-electron chi connectivity index (χ3n) is 4.04. The standard InChI is InChI=1S/C17H24FN3O2.ClH/c18-15-5-1-4-14(12-15)13-17(23)21-9-3-8-20(10-11-21)16(22)6-2-7-19;/h1,4-5,12H,2-3,6-11,13,19H2;1H. The Kier molecular flexibility index (Phi) is 8.71. The predicted octanol–water partition coefficient (Wildman–Crippen LogP) is 1.59. The van der Waals surface area contributed by atoms with Crippen molar-refractivity contribution in [3.05, 3.63) is 35.6 Å². The maximum atomic E-state index is 13.2. The molecular formula is C17H25ClFN3O2. The Morgan fingerprint density at radius 1 is 1.08 bits per heavy atom. The van der Waals surface area contributed by atoms with E-state index in [4.69, 9.17) is 5.73 Å². The van der Waals surface area contributed by atoms with E-state index in [1.165, 1.54) is 12.1 Å².